The van der Waals surface area contributed by atoms with E-state index in [1.807, 2.05) is 0 Å². The first-order valence-corrected chi connectivity index (χ1v) is 5.87. The van der Waals surface area contributed by atoms with Crippen LogP contribution in [-0.4, -0.2) is 17.3 Å². The smallest absolute Gasteiger partial charge is 0.272 e. The number of nitro benzene ring substituents is 1. The Morgan fingerprint density at radius 2 is 2.24 bits per heavy atom. The van der Waals surface area contributed by atoms with Crippen LogP contribution in [-0.2, 0) is 0 Å². The van der Waals surface area contributed by atoms with Crippen LogP contribution in [0.3, 0.4) is 0 Å². The van der Waals surface area contributed by atoms with E-state index >= 15 is 0 Å². The number of nitro groups is 1. The summed E-state index contributed by atoms with van der Waals surface area (Å²) < 4.78 is 18.8. The second-order valence-corrected chi connectivity index (χ2v) is 4.63. The van der Waals surface area contributed by atoms with E-state index in [1.54, 1.807) is 0 Å². The minimum atomic E-state index is -0.700. The second kappa shape index (κ2) is 4.52. The molecule has 1 aromatic carbocycles. The van der Waals surface area contributed by atoms with Crippen LogP contribution in [0.25, 0.3) is 0 Å². The van der Waals surface area contributed by atoms with Gasteiger partial charge in [0.2, 0.25) is 0 Å². The summed E-state index contributed by atoms with van der Waals surface area (Å²) >= 11 is 4.22. The van der Waals surface area contributed by atoms with E-state index in [0.717, 1.165) is 18.9 Å². The number of ether oxygens (including phenoxy) is 1. The first-order valence-electron chi connectivity index (χ1n) is 5.24. The second-order valence-electron chi connectivity index (χ2n) is 4.32. The molecule has 0 unspecified atom stereocenters. The number of thiol groups is 1. The van der Waals surface area contributed by atoms with E-state index in [2.05, 4.69) is 12.6 Å². The fraction of sp³-hybridized carbons (Fsp3) is 0.455. The van der Waals surface area contributed by atoms with Crippen molar-refractivity contribution < 1.29 is 14.1 Å². The Kier molecular flexibility index (Phi) is 3.24. The van der Waals surface area contributed by atoms with Gasteiger partial charge in [0.15, 0.2) is 11.6 Å². The first-order chi connectivity index (χ1) is 8.06. The molecule has 2 rings (SSSR count). The molecule has 0 heterocycles. The molecule has 17 heavy (non-hydrogen) atoms. The van der Waals surface area contributed by atoms with Gasteiger partial charge >= 0.3 is 0 Å². The SMILES string of the molecule is O=[N+]([O-])c1ccc(OCC2(CS)CC2)c(F)c1. The highest BCUT2D eigenvalue weighted by Crippen LogP contribution is 2.46. The minimum Gasteiger partial charge on any atom is -0.490 e. The Balaban J connectivity index is 2.04. The monoisotopic (exact) mass is 257 g/mol. The van der Waals surface area contributed by atoms with Gasteiger partial charge in [-0.3, -0.25) is 10.1 Å². The molecule has 0 atom stereocenters. The Morgan fingerprint density at radius 3 is 2.71 bits per heavy atom. The van der Waals surface area contributed by atoms with Gasteiger partial charge in [-0.1, -0.05) is 0 Å². The zero-order chi connectivity index (χ0) is 12.5. The van der Waals surface area contributed by atoms with Gasteiger partial charge in [0, 0.05) is 11.5 Å². The summed E-state index contributed by atoms with van der Waals surface area (Å²) in [6.07, 6.45) is 2.07. The molecule has 92 valence electrons. The summed E-state index contributed by atoms with van der Waals surface area (Å²) in [6.45, 7) is 0.408. The van der Waals surface area contributed by atoms with Crippen LogP contribution in [0.1, 0.15) is 12.8 Å². The van der Waals surface area contributed by atoms with Crippen LogP contribution in [0, 0.1) is 21.3 Å². The van der Waals surface area contributed by atoms with Gasteiger partial charge in [-0.2, -0.15) is 12.6 Å². The lowest BCUT2D eigenvalue weighted by Gasteiger charge is -2.13. The van der Waals surface area contributed by atoms with E-state index in [4.69, 9.17) is 4.74 Å². The van der Waals surface area contributed by atoms with Gasteiger partial charge in [0.25, 0.3) is 5.69 Å². The first kappa shape index (κ1) is 12.2. The lowest BCUT2D eigenvalue weighted by Crippen LogP contribution is -2.15. The molecular weight excluding hydrogens is 245 g/mol. The Labute approximate surface area is 103 Å². The lowest BCUT2D eigenvalue weighted by atomic mass is 10.2. The molecule has 0 radical (unpaired) electrons. The zero-order valence-electron chi connectivity index (χ0n) is 9.06. The molecule has 0 spiro atoms. The number of hydrogen-bond donors (Lipinski definition) is 1. The van der Waals surface area contributed by atoms with E-state index in [9.17, 15) is 14.5 Å². The molecule has 1 aliphatic rings. The lowest BCUT2D eigenvalue weighted by molar-refractivity contribution is -0.385. The summed E-state index contributed by atoms with van der Waals surface area (Å²) in [6, 6.07) is 3.40. The average Bonchev–Trinajstić information content (AvgIpc) is 3.08. The average molecular weight is 257 g/mol. The summed E-state index contributed by atoms with van der Waals surface area (Å²) in [4.78, 5) is 9.79. The van der Waals surface area contributed by atoms with Crippen LogP contribution < -0.4 is 4.74 Å². The quantitative estimate of drug-likeness (QED) is 0.501. The Hall–Kier alpha value is -1.30. The number of non-ortho nitro benzene ring substituents is 1. The van der Waals surface area contributed by atoms with Crippen molar-refractivity contribution in [3.8, 4) is 5.75 Å². The van der Waals surface area contributed by atoms with Gasteiger partial charge < -0.3 is 4.74 Å². The molecule has 0 amide bonds. The van der Waals surface area contributed by atoms with Gasteiger partial charge in [0.1, 0.15) is 0 Å². The largest absolute Gasteiger partial charge is 0.490 e. The number of hydrogen-bond acceptors (Lipinski definition) is 4. The third-order valence-corrected chi connectivity index (χ3v) is 3.62. The van der Waals surface area contributed by atoms with Crippen molar-refractivity contribution in [1.29, 1.82) is 0 Å². The number of nitrogens with zero attached hydrogens (tertiary/aromatic N) is 1. The Morgan fingerprint density at radius 1 is 1.53 bits per heavy atom. The molecule has 1 aromatic rings. The van der Waals surface area contributed by atoms with Gasteiger partial charge in [0.05, 0.1) is 17.6 Å². The normalized spacial score (nSPS) is 16.6. The molecule has 6 heteroatoms. The van der Waals surface area contributed by atoms with Crippen molar-refractivity contribution in [3.63, 3.8) is 0 Å². The van der Waals surface area contributed by atoms with Gasteiger partial charge in [-0.15, -0.1) is 0 Å². The van der Waals surface area contributed by atoms with E-state index in [-0.39, 0.29) is 16.9 Å². The fourth-order valence-electron chi connectivity index (χ4n) is 1.48. The van der Waals surface area contributed by atoms with Gasteiger partial charge in [-0.05, 0) is 24.7 Å². The van der Waals surface area contributed by atoms with E-state index in [0.29, 0.717) is 12.4 Å². The summed E-state index contributed by atoms with van der Waals surface area (Å²) in [5.74, 6) is 0.0690. The van der Waals surface area contributed by atoms with Crippen LogP contribution in [0.2, 0.25) is 0 Å². The molecule has 0 N–H and O–H groups in total. The number of rotatable bonds is 5. The summed E-state index contributed by atoms with van der Waals surface area (Å²) in [5.41, 5.74) is -0.206. The third-order valence-electron chi connectivity index (χ3n) is 2.95. The van der Waals surface area contributed by atoms with Crippen LogP contribution in [0.5, 0.6) is 5.75 Å². The minimum absolute atomic E-state index is 0.0589. The van der Waals surface area contributed by atoms with Crippen LogP contribution >= 0.6 is 12.6 Å². The van der Waals surface area contributed by atoms with Crippen molar-refractivity contribution in [2.75, 3.05) is 12.4 Å². The topological polar surface area (TPSA) is 52.4 Å². The molecule has 0 aromatic heterocycles. The van der Waals surface area contributed by atoms with Crippen molar-refractivity contribution in [3.05, 3.63) is 34.1 Å². The predicted octanol–water partition coefficient (Wildman–Crippen LogP) is 2.82. The molecule has 4 nitrogen and oxygen atoms in total. The highest BCUT2D eigenvalue weighted by atomic mass is 32.1. The predicted molar refractivity (Wildman–Crippen MR) is 64.1 cm³/mol. The highest BCUT2D eigenvalue weighted by Gasteiger charge is 2.42. The molecule has 0 aliphatic heterocycles. The number of benzene rings is 1. The molecular formula is C11H12FNO3S. The van der Waals surface area contributed by atoms with E-state index in [1.165, 1.54) is 12.1 Å². The highest BCUT2D eigenvalue weighted by molar-refractivity contribution is 7.80. The van der Waals surface area contributed by atoms with Crippen molar-refractivity contribution in [1.82, 2.24) is 0 Å². The Bertz CT molecular complexity index is 448. The maximum absolute atomic E-state index is 13.5. The summed E-state index contributed by atoms with van der Waals surface area (Å²) in [7, 11) is 0. The maximum atomic E-state index is 13.5. The molecule has 0 bridgehead atoms. The van der Waals surface area contributed by atoms with E-state index < -0.39 is 10.7 Å². The fourth-order valence-corrected chi connectivity index (χ4v) is 1.88. The number of halogens is 1. The van der Waals surface area contributed by atoms with Crippen LogP contribution in [0.4, 0.5) is 10.1 Å². The van der Waals surface area contributed by atoms with Crippen molar-refractivity contribution >= 4 is 18.3 Å². The molecule has 1 fully saturated rings. The van der Waals surface area contributed by atoms with Crippen molar-refractivity contribution in [2.24, 2.45) is 5.41 Å². The zero-order valence-corrected chi connectivity index (χ0v) is 9.95. The standard InChI is InChI=1S/C11H12FNO3S/c12-9-5-8(13(14)15)1-2-10(9)16-6-11(7-17)3-4-11/h1-2,5,17H,3-4,6-7H2. The molecule has 1 saturated carbocycles. The van der Waals surface area contributed by atoms with Crippen LogP contribution in [0.15, 0.2) is 18.2 Å². The van der Waals surface area contributed by atoms with Crippen molar-refractivity contribution in [2.45, 2.75) is 12.8 Å². The maximum Gasteiger partial charge on any atom is 0.272 e. The van der Waals surface area contributed by atoms with Gasteiger partial charge in [-0.25, -0.2) is 4.39 Å². The molecule has 1 aliphatic carbocycles. The summed E-state index contributed by atoms with van der Waals surface area (Å²) in [5, 5.41) is 10.4. The third kappa shape index (κ3) is 2.69. The molecule has 0 saturated heterocycles.